The number of hydrogen-bond acceptors (Lipinski definition) is 6. The molecular formula is C18H22N4O4. The Morgan fingerprint density at radius 2 is 2.15 bits per heavy atom. The summed E-state index contributed by atoms with van der Waals surface area (Å²) in [6.07, 6.45) is 2.38. The van der Waals surface area contributed by atoms with Gasteiger partial charge in [0, 0.05) is 31.3 Å². The Morgan fingerprint density at radius 3 is 2.77 bits per heavy atom. The number of carbonyl (C=O) groups excluding carboxylic acids is 1. The van der Waals surface area contributed by atoms with Gasteiger partial charge < -0.3 is 24.1 Å². The number of nitrogens with one attached hydrogen (secondary N) is 1. The minimum absolute atomic E-state index is 0.142. The molecule has 3 heterocycles. The van der Waals surface area contributed by atoms with E-state index in [-0.39, 0.29) is 24.1 Å². The van der Waals surface area contributed by atoms with E-state index in [1.165, 1.54) is 7.11 Å². The molecule has 0 aliphatic rings. The predicted molar refractivity (Wildman–Crippen MR) is 95.4 cm³/mol. The number of aromatic hydroxyl groups is 1. The van der Waals surface area contributed by atoms with E-state index >= 15 is 0 Å². The summed E-state index contributed by atoms with van der Waals surface area (Å²) in [6.45, 7) is 6.39. The zero-order valence-electron chi connectivity index (χ0n) is 15.3. The van der Waals surface area contributed by atoms with Crippen LogP contribution in [0.4, 0.5) is 0 Å². The van der Waals surface area contributed by atoms with Crippen LogP contribution in [0.2, 0.25) is 0 Å². The standard InChI is InChI=1S/C18H22N4O4/c1-5-14-20-10(3)15(26-14)16(23)19-8-11-7-12-13(21-17(11)25-4)9-22(6-2)18(12)24/h7,9,24H,5-6,8H2,1-4H3,(H,19,23). The molecule has 26 heavy (non-hydrogen) atoms. The van der Waals surface area contributed by atoms with Gasteiger partial charge in [0.15, 0.2) is 5.89 Å². The van der Waals surface area contributed by atoms with Crippen LogP contribution in [0.25, 0.3) is 10.9 Å². The minimum Gasteiger partial charge on any atom is -0.494 e. The Kier molecular flexibility index (Phi) is 4.83. The van der Waals surface area contributed by atoms with Gasteiger partial charge in [0.2, 0.25) is 17.5 Å². The van der Waals surface area contributed by atoms with E-state index in [0.29, 0.717) is 46.9 Å². The number of fused-ring (bicyclic) bond motifs is 1. The van der Waals surface area contributed by atoms with Gasteiger partial charge in [-0.3, -0.25) is 4.79 Å². The summed E-state index contributed by atoms with van der Waals surface area (Å²) in [6, 6.07) is 1.77. The Labute approximate surface area is 150 Å². The quantitative estimate of drug-likeness (QED) is 0.702. The Bertz CT molecular complexity index is 958. The van der Waals surface area contributed by atoms with E-state index in [9.17, 15) is 9.90 Å². The molecule has 3 rings (SSSR count). The van der Waals surface area contributed by atoms with Gasteiger partial charge >= 0.3 is 0 Å². The normalized spacial score (nSPS) is 11.1. The van der Waals surface area contributed by atoms with Crippen molar-refractivity contribution in [1.29, 1.82) is 0 Å². The number of methoxy groups -OCH3 is 1. The van der Waals surface area contributed by atoms with Gasteiger partial charge in [-0.25, -0.2) is 9.97 Å². The van der Waals surface area contributed by atoms with E-state index in [1.54, 1.807) is 23.8 Å². The van der Waals surface area contributed by atoms with Crippen molar-refractivity contribution in [3.8, 4) is 11.8 Å². The van der Waals surface area contributed by atoms with Gasteiger partial charge in [-0.1, -0.05) is 6.92 Å². The van der Waals surface area contributed by atoms with Crippen molar-refractivity contribution in [3.63, 3.8) is 0 Å². The summed E-state index contributed by atoms with van der Waals surface area (Å²) in [5, 5.41) is 13.7. The minimum atomic E-state index is -0.354. The molecule has 0 fully saturated rings. The molecule has 8 heteroatoms. The molecular weight excluding hydrogens is 336 g/mol. The van der Waals surface area contributed by atoms with Crippen LogP contribution in [0.3, 0.4) is 0 Å². The third-order valence-corrected chi connectivity index (χ3v) is 4.21. The fraction of sp³-hybridized carbons (Fsp3) is 0.389. The number of carbonyl (C=O) groups is 1. The van der Waals surface area contributed by atoms with Crippen molar-refractivity contribution < 1.29 is 19.1 Å². The van der Waals surface area contributed by atoms with Crippen LogP contribution in [-0.2, 0) is 19.5 Å². The number of hydrogen-bond donors (Lipinski definition) is 2. The number of rotatable bonds is 6. The van der Waals surface area contributed by atoms with Crippen LogP contribution in [0.5, 0.6) is 11.8 Å². The molecule has 2 N–H and O–H groups in total. The van der Waals surface area contributed by atoms with Crippen molar-refractivity contribution in [3.05, 3.63) is 35.2 Å². The van der Waals surface area contributed by atoms with Gasteiger partial charge in [-0.05, 0) is 19.9 Å². The molecule has 0 atom stereocenters. The lowest BCUT2D eigenvalue weighted by Crippen LogP contribution is -2.23. The third kappa shape index (κ3) is 3.10. The lowest BCUT2D eigenvalue weighted by atomic mass is 10.2. The molecule has 1 amide bonds. The molecule has 0 radical (unpaired) electrons. The summed E-state index contributed by atoms with van der Waals surface area (Å²) in [5.41, 5.74) is 1.85. The number of aryl methyl sites for hydroxylation is 3. The molecule has 0 aliphatic carbocycles. The highest BCUT2D eigenvalue weighted by Crippen LogP contribution is 2.30. The smallest absolute Gasteiger partial charge is 0.289 e. The first-order valence-corrected chi connectivity index (χ1v) is 8.48. The second kappa shape index (κ2) is 7.07. The van der Waals surface area contributed by atoms with Crippen LogP contribution < -0.4 is 10.1 Å². The summed E-state index contributed by atoms with van der Waals surface area (Å²) in [5.74, 6) is 0.916. The van der Waals surface area contributed by atoms with E-state index in [1.807, 2.05) is 13.8 Å². The molecule has 8 nitrogen and oxygen atoms in total. The van der Waals surface area contributed by atoms with E-state index in [2.05, 4.69) is 15.3 Å². The van der Waals surface area contributed by atoms with Crippen LogP contribution in [-0.4, -0.2) is 32.7 Å². The SMILES string of the molecule is CCc1nc(C)c(C(=O)NCc2cc3c(O)n(CC)cc3nc2OC)o1. The number of oxazole rings is 1. The molecule has 0 aromatic carbocycles. The number of aromatic nitrogens is 3. The van der Waals surface area contributed by atoms with Crippen LogP contribution in [0, 0.1) is 6.92 Å². The maximum Gasteiger partial charge on any atom is 0.289 e. The lowest BCUT2D eigenvalue weighted by Gasteiger charge is -2.09. The van der Waals surface area contributed by atoms with Crippen LogP contribution in [0.15, 0.2) is 16.7 Å². The molecule has 0 spiro atoms. The summed E-state index contributed by atoms with van der Waals surface area (Å²) < 4.78 is 12.5. The van der Waals surface area contributed by atoms with Crippen LogP contribution >= 0.6 is 0 Å². The monoisotopic (exact) mass is 358 g/mol. The van der Waals surface area contributed by atoms with Crippen molar-refractivity contribution in [1.82, 2.24) is 19.9 Å². The number of amides is 1. The van der Waals surface area contributed by atoms with Crippen molar-refractivity contribution in [2.75, 3.05) is 7.11 Å². The zero-order chi connectivity index (χ0) is 18.8. The fourth-order valence-electron chi connectivity index (χ4n) is 2.81. The fourth-order valence-corrected chi connectivity index (χ4v) is 2.81. The molecule has 0 bridgehead atoms. The number of ether oxygens (including phenoxy) is 1. The largest absolute Gasteiger partial charge is 0.494 e. The summed E-state index contributed by atoms with van der Waals surface area (Å²) >= 11 is 0. The zero-order valence-corrected chi connectivity index (χ0v) is 15.3. The molecule has 0 unspecified atom stereocenters. The Morgan fingerprint density at radius 1 is 1.38 bits per heavy atom. The Balaban J connectivity index is 1.86. The lowest BCUT2D eigenvalue weighted by molar-refractivity contribution is 0.0920. The maximum atomic E-state index is 12.4. The average Bonchev–Trinajstić information content (AvgIpc) is 3.18. The number of nitrogens with zero attached hydrogens (tertiary/aromatic N) is 3. The highest BCUT2D eigenvalue weighted by atomic mass is 16.5. The van der Waals surface area contributed by atoms with Crippen molar-refractivity contribution >= 4 is 16.8 Å². The van der Waals surface area contributed by atoms with Gasteiger partial charge in [0.1, 0.15) is 0 Å². The van der Waals surface area contributed by atoms with Crippen LogP contribution in [0.1, 0.15) is 41.6 Å². The van der Waals surface area contributed by atoms with E-state index in [4.69, 9.17) is 9.15 Å². The first-order chi connectivity index (χ1) is 12.5. The summed E-state index contributed by atoms with van der Waals surface area (Å²) in [4.78, 5) is 21.0. The predicted octanol–water partition coefficient (Wildman–Crippen LogP) is 2.56. The molecule has 3 aromatic heterocycles. The first-order valence-electron chi connectivity index (χ1n) is 8.48. The van der Waals surface area contributed by atoms with Gasteiger partial charge in [-0.15, -0.1) is 0 Å². The second-order valence-corrected chi connectivity index (χ2v) is 5.89. The molecule has 138 valence electrons. The topological polar surface area (TPSA) is 102 Å². The van der Waals surface area contributed by atoms with Gasteiger partial charge in [-0.2, -0.15) is 0 Å². The number of pyridine rings is 1. The van der Waals surface area contributed by atoms with Gasteiger partial charge in [0.05, 0.1) is 23.7 Å². The second-order valence-electron chi connectivity index (χ2n) is 5.89. The Hall–Kier alpha value is -3.03. The van der Waals surface area contributed by atoms with Crippen molar-refractivity contribution in [2.45, 2.75) is 40.3 Å². The third-order valence-electron chi connectivity index (χ3n) is 4.21. The van der Waals surface area contributed by atoms with Crippen molar-refractivity contribution in [2.24, 2.45) is 0 Å². The molecule has 3 aromatic rings. The van der Waals surface area contributed by atoms with Gasteiger partial charge in [0.25, 0.3) is 5.91 Å². The maximum absolute atomic E-state index is 12.4. The summed E-state index contributed by atoms with van der Waals surface area (Å²) in [7, 11) is 1.52. The average molecular weight is 358 g/mol. The molecule has 0 saturated carbocycles. The highest BCUT2D eigenvalue weighted by Gasteiger charge is 2.18. The molecule has 0 aliphatic heterocycles. The molecule has 0 saturated heterocycles. The highest BCUT2D eigenvalue weighted by molar-refractivity contribution is 5.92. The first kappa shape index (κ1) is 17.8. The van der Waals surface area contributed by atoms with E-state index < -0.39 is 0 Å². The van der Waals surface area contributed by atoms with E-state index in [0.717, 1.165) is 0 Å².